The summed E-state index contributed by atoms with van der Waals surface area (Å²) < 4.78 is 4.90. The van der Waals surface area contributed by atoms with Gasteiger partial charge in [-0.25, -0.2) is 9.13 Å². The average molecular weight is 418 g/mol. The van der Waals surface area contributed by atoms with E-state index >= 15 is 0 Å². The fourth-order valence-electron chi connectivity index (χ4n) is 4.91. The molecule has 2 atom stereocenters. The maximum Gasteiger partial charge on any atom is 0.244 e. The Labute approximate surface area is 190 Å². The Bertz CT molecular complexity index is 868. The van der Waals surface area contributed by atoms with Crippen LogP contribution in [0.15, 0.2) is 79.4 Å². The first-order chi connectivity index (χ1) is 15.2. The van der Waals surface area contributed by atoms with Crippen molar-refractivity contribution in [1.82, 2.24) is 4.57 Å². The van der Waals surface area contributed by atoms with Gasteiger partial charge in [-0.3, -0.25) is 0 Å². The standard InChI is InChI=1S/C29H41N2/c1-4-6-10-20-28(31-23-22-30(25-31)21-15-7-5-2)29(3,27-18-13-9-14-19-27)24-26-16-11-8-12-17-26/h8-9,11-14,16-19,22-23,25,28H,4-7,10,15,20-21,24H2,1-3H3/q+1. The van der Waals surface area contributed by atoms with Crippen molar-refractivity contribution in [3.05, 3.63) is 90.5 Å². The molecule has 0 saturated heterocycles. The highest BCUT2D eigenvalue weighted by Crippen LogP contribution is 2.41. The number of rotatable bonds is 13. The molecule has 0 N–H and O–H groups in total. The Morgan fingerprint density at radius 1 is 0.839 bits per heavy atom. The van der Waals surface area contributed by atoms with E-state index in [1.165, 1.54) is 56.1 Å². The van der Waals surface area contributed by atoms with Gasteiger partial charge in [0.05, 0.1) is 6.54 Å². The van der Waals surface area contributed by atoms with Gasteiger partial charge in [0.15, 0.2) is 0 Å². The van der Waals surface area contributed by atoms with E-state index in [1.807, 2.05) is 0 Å². The molecule has 2 heteroatoms. The quantitative estimate of drug-likeness (QED) is 0.204. The van der Waals surface area contributed by atoms with Gasteiger partial charge in [0.1, 0.15) is 18.4 Å². The molecule has 3 aromatic rings. The molecule has 2 aromatic carbocycles. The maximum absolute atomic E-state index is 2.51. The minimum absolute atomic E-state index is 0.0244. The number of unbranched alkanes of at least 4 members (excludes halogenated alkanes) is 4. The number of hydrogen-bond acceptors (Lipinski definition) is 0. The van der Waals surface area contributed by atoms with Gasteiger partial charge < -0.3 is 0 Å². The van der Waals surface area contributed by atoms with E-state index < -0.39 is 0 Å². The number of hydrogen-bond donors (Lipinski definition) is 0. The molecule has 166 valence electrons. The van der Waals surface area contributed by atoms with Crippen LogP contribution in [-0.2, 0) is 18.4 Å². The molecule has 1 aromatic heterocycles. The molecule has 1 heterocycles. The van der Waals surface area contributed by atoms with Crippen LogP contribution in [0.25, 0.3) is 0 Å². The second kappa shape index (κ2) is 11.9. The van der Waals surface area contributed by atoms with Crippen molar-refractivity contribution in [2.24, 2.45) is 0 Å². The Hall–Kier alpha value is -2.35. The number of aryl methyl sites for hydroxylation is 1. The summed E-state index contributed by atoms with van der Waals surface area (Å²) in [7, 11) is 0. The van der Waals surface area contributed by atoms with Gasteiger partial charge in [-0.05, 0) is 43.2 Å². The zero-order valence-corrected chi connectivity index (χ0v) is 19.8. The Balaban J connectivity index is 1.97. The van der Waals surface area contributed by atoms with E-state index in [1.54, 1.807) is 0 Å². The third-order valence-electron chi connectivity index (χ3n) is 6.76. The molecular weight excluding hydrogens is 376 g/mol. The second-order valence-corrected chi connectivity index (χ2v) is 9.26. The smallest absolute Gasteiger partial charge is 0.237 e. The molecule has 0 fully saturated rings. The molecular formula is C29H41N2+. The van der Waals surface area contributed by atoms with Crippen molar-refractivity contribution in [3.63, 3.8) is 0 Å². The van der Waals surface area contributed by atoms with E-state index in [0.29, 0.717) is 6.04 Å². The van der Waals surface area contributed by atoms with Gasteiger partial charge >= 0.3 is 0 Å². The van der Waals surface area contributed by atoms with E-state index in [9.17, 15) is 0 Å². The molecule has 0 aliphatic rings. The van der Waals surface area contributed by atoms with Crippen molar-refractivity contribution < 1.29 is 4.57 Å². The highest BCUT2D eigenvalue weighted by molar-refractivity contribution is 5.30. The zero-order chi connectivity index (χ0) is 21.9. The van der Waals surface area contributed by atoms with Gasteiger partial charge in [-0.15, -0.1) is 0 Å². The first-order valence-electron chi connectivity index (χ1n) is 12.3. The first kappa shape index (κ1) is 23.3. The third-order valence-corrected chi connectivity index (χ3v) is 6.76. The molecule has 0 saturated carbocycles. The monoisotopic (exact) mass is 417 g/mol. The minimum atomic E-state index is 0.0244. The number of benzene rings is 2. The van der Waals surface area contributed by atoms with Crippen LogP contribution in [0.2, 0.25) is 0 Å². The fourth-order valence-corrected chi connectivity index (χ4v) is 4.91. The Morgan fingerprint density at radius 3 is 2.16 bits per heavy atom. The van der Waals surface area contributed by atoms with Crippen molar-refractivity contribution in [1.29, 1.82) is 0 Å². The summed E-state index contributed by atoms with van der Waals surface area (Å²) in [6.45, 7) is 8.16. The average Bonchev–Trinajstić information content (AvgIpc) is 3.26. The number of aromatic nitrogens is 2. The summed E-state index contributed by atoms with van der Waals surface area (Å²) in [5, 5.41) is 0. The summed E-state index contributed by atoms with van der Waals surface area (Å²) in [5.74, 6) is 0. The lowest BCUT2D eigenvalue weighted by atomic mass is 9.70. The Kier molecular flexibility index (Phi) is 8.94. The molecule has 0 amide bonds. The Morgan fingerprint density at radius 2 is 1.48 bits per heavy atom. The summed E-state index contributed by atoms with van der Waals surface area (Å²) in [6, 6.07) is 22.6. The molecule has 2 nitrogen and oxygen atoms in total. The summed E-state index contributed by atoms with van der Waals surface area (Å²) in [6.07, 6.45) is 16.8. The van der Waals surface area contributed by atoms with E-state index in [-0.39, 0.29) is 5.41 Å². The van der Waals surface area contributed by atoms with Gasteiger partial charge in [-0.1, -0.05) is 101 Å². The lowest BCUT2D eigenvalue weighted by Gasteiger charge is -2.37. The first-order valence-corrected chi connectivity index (χ1v) is 12.3. The molecule has 31 heavy (non-hydrogen) atoms. The molecule has 3 rings (SSSR count). The highest BCUT2D eigenvalue weighted by Gasteiger charge is 2.40. The lowest BCUT2D eigenvalue weighted by molar-refractivity contribution is -0.697. The lowest BCUT2D eigenvalue weighted by Crippen LogP contribution is -2.38. The van der Waals surface area contributed by atoms with Crippen molar-refractivity contribution in [2.75, 3.05) is 0 Å². The van der Waals surface area contributed by atoms with Crippen molar-refractivity contribution in [3.8, 4) is 0 Å². The molecule has 0 aliphatic heterocycles. The number of imidazole rings is 1. The minimum Gasteiger partial charge on any atom is -0.237 e. The molecule has 0 aliphatic carbocycles. The van der Waals surface area contributed by atoms with Crippen LogP contribution in [0, 0.1) is 0 Å². The van der Waals surface area contributed by atoms with Gasteiger partial charge in [0.25, 0.3) is 0 Å². The van der Waals surface area contributed by atoms with Gasteiger partial charge in [0.2, 0.25) is 6.33 Å². The predicted molar refractivity (Wildman–Crippen MR) is 131 cm³/mol. The van der Waals surface area contributed by atoms with Crippen LogP contribution in [0.4, 0.5) is 0 Å². The molecule has 0 spiro atoms. The second-order valence-electron chi connectivity index (χ2n) is 9.26. The van der Waals surface area contributed by atoms with E-state index in [0.717, 1.165) is 13.0 Å². The largest absolute Gasteiger partial charge is 0.244 e. The zero-order valence-electron chi connectivity index (χ0n) is 19.8. The predicted octanol–water partition coefficient (Wildman–Crippen LogP) is 7.29. The van der Waals surface area contributed by atoms with Crippen LogP contribution < -0.4 is 4.57 Å². The molecule has 0 radical (unpaired) electrons. The fraction of sp³-hybridized carbons (Fsp3) is 0.483. The summed E-state index contributed by atoms with van der Waals surface area (Å²) >= 11 is 0. The topological polar surface area (TPSA) is 8.81 Å². The van der Waals surface area contributed by atoms with Crippen molar-refractivity contribution >= 4 is 0 Å². The third kappa shape index (κ3) is 6.32. The van der Waals surface area contributed by atoms with Crippen LogP contribution >= 0.6 is 0 Å². The van der Waals surface area contributed by atoms with Crippen LogP contribution in [0.5, 0.6) is 0 Å². The van der Waals surface area contributed by atoms with Gasteiger partial charge in [0, 0.05) is 5.41 Å². The van der Waals surface area contributed by atoms with Crippen LogP contribution in [0.1, 0.15) is 82.9 Å². The molecule has 0 bridgehead atoms. The highest BCUT2D eigenvalue weighted by atomic mass is 15.1. The summed E-state index contributed by atoms with van der Waals surface area (Å²) in [5.41, 5.74) is 2.88. The van der Waals surface area contributed by atoms with E-state index in [4.69, 9.17) is 0 Å². The van der Waals surface area contributed by atoms with E-state index in [2.05, 4.69) is 109 Å². The normalized spacial score (nSPS) is 14.3. The SMILES string of the molecule is CCCCCC(n1cc[n+](CCCCC)c1)C(C)(Cc1ccccc1)c1ccccc1. The molecule has 2 unspecified atom stereocenters. The number of nitrogens with zero attached hydrogens (tertiary/aromatic N) is 2. The summed E-state index contributed by atoms with van der Waals surface area (Å²) in [4.78, 5) is 0. The van der Waals surface area contributed by atoms with Gasteiger partial charge in [-0.2, -0.15) is 0 Å². The van der Waals surface area contributed by atoms with Crippen LogP contribution in [-0.4, -0.2) is 4.57 Å². The van der Waals surface area contributed by atoms with Crippen LogP contribution in [0.3, 0.4) is 0 Å². The maximum atomic E-state index is 2.51. The van der Waals surface area contributed by atoms with Crippen molar-refractivity contribution in [2.45, 2.75) is 90.1 Å².